The highest BCUT2D eigenvalue weighted by molar-refractivity contribution is 5.36. The number of halogens is 1. The minimum atomic E-state index is -0.206. The first kappa shape index (κ1) is 15.3. The molecule has 20 heavy (non-hydrogen) atoms. The van der Waals surface area contributed by atoms with Gasteiger partial charge in [-0.25, -0.2) is 4.39 Å². The van der Waals surface area contributed by atoms with Crippen molar-refractivity contribution in [1.82, 2.24) is 10.2 Å². The van der Waals surface area contributed by atoms with Gasteiger partial charge in [0.2, 0.25) is 0 Å². The van der Waals surface area contributed by atoms with Gasteiger partial charge in [-0.1, -0.05) is 12.5 Å². The molecule has 1 aromatic rings. The predicted molar refractivity (Wildman–Crippen MR) is 79.7 cm³/mol. The number of nitrogens with one attached hydrogen (secondary N) is 1. The van der Waals surface area contributed by atoms with Gasteiger partial charge in [0, 0.05) is 18.2 Å². The van der Waals surface area contributed by atoms with Gasteiger partial charge in [-0.15, -0.1) is 0 Å². The number of benzene rings is 1. The summed E-state index contributed by atoms with van der Waals surface area (Å²) in [5.41, 5.74) is 0.619. The molecule has 0 bridgehead atoms. The SMILES string of the molecule is CNC(C)c1c(F)cccc1OCCN1CCCCC1. The van der Waals surface area contributed by atoms with E-state index in [4.69, 9.17) is 4.74 Å². The van der Waals surface area contributed by atoms with Crippen LogP contribution >= 0.6 is 0 Å². The Morgan fingerprint density at radius 1 is 1.30 bits per heavy atom. The summed E-state index contributed by atoms with van der Waals surface area (Å²) in [6.45, 7) is 5.80. The van der Waals surface area contributed by atoms with E-state index >= 15 is 0 Å². The van der Waals surface area contributed by atoms with Crippen molar-refractivity contribution in [3.05, 3.63) is 29.6 Å². The monoisotopic (exact) mass is 280 g/mol. The molecule has 0 saturated carbocycles. The van der Waals surface area contributed by atoms with Gasteiger partial charge in [-0.2, -0.15) is 0 Å². The molecular weight excluding hydrogens is 255 g/mol. The van der Waals surface area contributed by atoms with E-state index in [0.717, 1.165) is 19.6 Å². The van der Waals surface area contributed by atoms with Crippen LogP contribution in [0.3, 0.4) is 0 Å². The highest BCUT2D eigenvalue weighted by atomic mass is 19.1. The van der Waals surface area contributed by atoms with Gasteiger partial charge in [0.25, 0.3) is 0 Å². The van der Waals surface area contributed by atoms with Crippen LogP contribution in [0.1, 0.15) is 37.8 Å². The number of likely N-dealkylation sites (tertiary alicyclic amines) is 1. The number of ether oxygens (including phenoxy) is 1. The fourth-order valence-corrected chi connectivity index (χ4v) is 2.68. The Kier molecular flexibility index (Phi) is 5.80. The zero-order valence-electron chi connectivity index (χ0n) is 12.5. The Hall–Kier alpha value is -1.13. The first-order chi connectivity index (χ1) is 9.72. The van der Waals surface area contributed by atoms with Crippen molar-refractivity contribution < 1.29 is 9.13 Å². The summed E-state index contributed by atoms with van der Waals surface area (Å²) < 4.78 is 19.8. The summed E-state index contributed by atoms with van der Waals surface area (Å²) in [7, 11) is 1.83. The topological polar surface area (TPSA) is 24.5 Å². The Morgan fingerprint density at radius 3 is 2.75 bits per heavy atom. The number of hydrogen-bond acceptors (Lipinski definition) is 3. The molecule has 1 unspecified atom stereocenters. The Morgan fingerprint density at radius 2 is 2.05 bits per heavy atom. The van der Waals surface area contributed by atoms with Crippen molar-refractivity contribution in [2.75, 3.05) is 33.3 Å². The molecule has 3 nitrogen and oxygen atoms in total. The predicted octanol–water partition coefficient (Wildman–Crippen LogP) is 2.97. The normalized spacial score (nSPS) is 17.9. The Labute approximate surface area is 121 Å². The third kappa shape index (κ3) is 3.93. The van der Waals surface area contributed by atoms with Crippen LogP contribution in [0.25, 0.3) is 0 Å². The van der Waals surface area contributed by atoms with Gasteiger partial charge < -0.3 is 10.1 Å². The lowest BCUT2D eigenvalue weighted by molar-refractivity contribution is 0.182. The molecule has 0 radical (unpaired) electrons. The molecule has 1 aliphatic heterocycles. The molecule has 2 rings (SSSR count). The zero-order chi connectivity index (χ0) is 14.4. The summed E-state index contributed by atoms with van der Waals surface area (Å²) in [5.74, 6) is 0.450. The molecule has 0 amide bonds. The van der Waals surface area contributed by atoms with Gasteiger partial charge >= 0.3 is 0 Å². The lowest BCUT2D eigenvalue weighted by Gasteiger charge is -2.26. The highest BCUT2D eigenvalue weighted by Crippen LogP contribution is 2.27. The van der Waals surface area contributed by atoms with Crippen molar-refractivity contribution in [1.29, 1.82) is 0 Å². The van der Waals surface area contributed by atoms with Crippen LogP contribution in [0.2, 0.25) is 0 Å². The maximum atomic E-state index is 13.9. The van der Waals surface area contributed by atoms with E-state index in [1.54, 1.807) is 6.07 Å². The van der Waals surface area contributed by atoms with E-state index in [1.807, 2.05) is 20.0 Å². The third-order valence-electron chi connectivity index (χ3n) is 3.99. The quantitative estimate of drug-likeness (QED) is 0.867. The molecule has 1 fully saturated rings. The highest BCUT2D eigenvalue weighted by Gasteiger charge is 2.16. The van der Waals surface area contributed by atoms with E-state index in [9.17, 15) is 4.39 Å². The van der Waals surface area contributed by atoms with Gasteiger partial charge in [-0.05, 0) is 52.0 Å². The van der Waals surface area contributed by atoms with E-state index in [1.165, 1.54) is 25.3 Å². The van der Waals surface area contributed by atoms with Gasteiger partial charge in [-0.3, -0.25) is 4.90 Å². The Bertz CT molecular complexity index is 419. The molecule has 1 saturated heterocycles. The van der Waals surface area contributed by atoms with Crippen LogP contribution < -0.4 is 10.1 Å². The zero-order valence-corrected chi connectivity index (χ0v) is 12.5. The maximum Gasteiger partial charge on any atom is 0.131 e. The second-order valence-corrected chi connectivity index (χ2v) is 5.41. The average Bonchev–Trinajstić information content (AvgIpc) is 2.48. The summed E-state index contributed by atoms with van der Waals surface area (Å²) >= 11 is 0. The van der Waals surface area contributed by atoms with Crippen molar-refractivity contribution in [2.24, 2.45) is 0 Å². The van der Waals surface area contributed by atoms with E-state index < -0.39 is 0 Å². The standard InChI is InChI=1S/C16H25FN2O/c1-13(18-2)16-14(17)7-6-8-15(16)20-12-11-19-9-4-3-5-10-19/h6-8,13,18H,3-5,9-12H2,1-2H3. The van der Waals surface area contributed by atoms with Crippen molar-refractivity contribution in [2.45, 2.75) is 32.2 Å². The molecule has 112 valence electrons. The van der Waals surface area contributed by atoms with Crippen LogP contribution in [0.15, 0.2) is 18.2 Å². The Balaban J connectivity index is 1.93. The van der Waals surface area contributed by atoms with E-state index in [2.05, 4.69) is 10.2 Å². The van der Waals surface area contributed by atoms with Gasteiger partial charge in [0.05, 0.1) is 0 Å². The van der Waals surface area contributed by atoms with Crippen molar-refractivity contribution >= 4 is 0 Å². The lowest BCUT2D eigenvalue weighted by atomic mass is 10.1. The van der Waals surface area contributed by atoms with Gasteiger partial charge in [0.15, 0.2) is 0 Å². The fraction of sp³-hybridized carbons (Fsp3) is 0.625. The molecule has 4 heteroatoms. The summed E-state index contributed by atoms with van der Waals surface area (Å²) in [4.78, 5) is 2.42. The third-order valence-corrected chi connectivity index (χ3v) is 3.99. The van der Waals surface area contributed by atoms with Crippen molar-refractivity contribution in [3.63, 3.8) is 0 Å². The summed E-state index contributed by atoms with van der Waals surface area (Å²) in [5, 5.41) is 3.07. The lowest BCUT2D eigenvalue weighted by Crippen LogP contribution is -2.33. The molecule has 1 heterocycles. The average molecular weight is 280 g/mol. The second kappa shape index (κ2) is 7.60. The van der Waals surface area contributed by atoms with Crippen LogP contribution in [-0.2, 0) is 0 Å². The minimum Gasteiger partial charge on any atom is -0.492 e. The van der Waals surface area contributed by atoms with E-state index in [0.29, 0.717) is 17.9 Å². The summed E-state index contributed by atoms with van der Waals surface area (Å²) in [6, 6.07) is 4.99. The largest absolute Gasteiger partial charge is 0.492 e. The first-order valence-electron chi connectivity index (χ1n) is 7.53. The van der Waals surface area contributed by atoms with Crippen LogP contribution in [0, 0.1) is 5.82 Å². The minimum absolute atomic E-state index is 0.0545. The van der Waals surface area contributed by atoms with E-state index in [-0.39, 0.29) is 11.9 Å². The number of rotatable bonds is 6. The molecule has 1 aliphatic rings. The van der Waals surface area contributed by atoms with Crippen LogP contribution in [-0.4, -0.2) is 38.2 Å². The molecule has 1 atom stereocenters. The first-order valence-corrected chi connectivity index (χ1v) is 7.53. The van der Waals surface area contributed by atoms with Crippen molar-refractivity contribution in [3.8, 4) is 5.75 Å². The molecule has 1 aromatic carbocycles. The smallest absolute Gasteiger partial charge is 0.131 e. The molecule has 1 N–H and O–H groups in total. The maximum absolute atomic E-state index is 13.9. The molecule has 0 aliphatic carbocycles. The molecule has 0 spiro atoms. The number of nitrogens with zero attached hydrogens (tertiary/aromatic N) is 1. The van der Waals surface area contributed by atoms with Gasteiger partial charge in [0.1, 0.15) is 18.2 Å². The second-order valence-electron chi connectivity index (χ2n) is 5.41. The molecular formula is C16H25FN2O. The van der Waals surface area contributed by atoms with Crippen LogP contribution in [0.5, 0.6) is 5.75 Å². The number of hydrogen-bond donors (Lipinski definition) is 1. The summed E-state index contributed by atoms with van der Waals surface area (Å²) in [6.07, 6.45) is 3.90. The molecule has 0 aromatic heterocycles. The van der Waals surface area contributed by atoms with Crippen LogP contribution in [0.4, 0.5) is 4.39 Å². The number of piperidine rings is 1. The fourth-order valence-electron chi connectivity index (χ4n) is 2.68.